The summed E-state index contributed by atoms with van der Waals surface area (Å²) in [5.74, 6) is -0.827. The van der Waals surface area contributed by atoms with Gasteiger partial charge in [-0.05, 0) is 31.2 Å². The Bertz CT molecular complexity index is 795. The maximum Gasteiger partial charge on any atom is 0.320 e. The lowest BCUT2D eigenvalue weighted by Gasteiger charge is -2.28. The van der Waals surface area contributed by atoms with Crippen molar-refractivity contribution in [1.82, 2.24) is 19.8 Å². The molecule has 0 unspecified atom stereocenters. The van der Waals surface area contributed by atoms with Crippen molar-refractivity contribution in [1.29, 1.82) is 0 Å². The zero-order valence-electron chi connectivity index (χ0n) is 14.6. The molecule has 7 nitrogen and oxygen atoms in total. The van der Waals surface area contributed by atoms with Crippen LogP contribution in [0.5, 0.6) is 0 Å². The van der Waals surface area contributed by atoms with Gasteiger partial charge in [0.1, 0.15) is 11.9 Å². The van der Waals surface area contributed by atoms with Crippen LogP contribution in [0.15, 0.2) is 36.7 Å². The van der Waals surface area contributed by atoms with Crippen molar-refractivity contribution >= 4 is 23.5 Å². The summed E-state index contributed by atoms with van der Waals surface area (Å²) in [7, 11) is 3.44. The van der Waals surface area contributed by atoms with Crippen molar-refractivity contribution in [3.05, 3.63) is 53.1 Å². The van der Waals surface area contributed by atoms with Gasteiger partial charge < -0.3 is 15.0 Å². The van der Waals surface area contributed by atoms with Gasteiger partial charge in [0.15, 0.2) is 0 Å². The van der Waals surface area contributed by atoms with E-state index >= 15 is 0 Å². The average molecular weight is 377 g/mol. The Kier molecular flexibility index (Phi) is 5.29. The number of hydrogen-bond acceptors (Lipinski definition) is 4. The highest BCUT2D eigenvalue weighted by Crippen LogP contribution is 2.41. The molecule has 1 fully saturated rings. The topological polar surface area (TPSA) is 89.5 Å². The molecule has 1 aromatic carbocycles. The number of likely N-dealkylation sites (N-methyl/N-ethyl adjacent to an activating group) is 1. The van der Waals surface area contributed by atoms with Crippen molar-refractivity contribution in [3.8, 4) is 0 Å². The second kappa shape index (κ2) is 7.47. The maximum atomic E-state index is 13.1. The first-order valence-electron chi connectivity index (χ1n) is 8.32. The third-order valence-corrected chi connectivity index (χ3v) is 5.13. The van der Waals surface area contributed by atoms with Gasteiger partial charge in [0.05, 0.1) is 12.5 Å². The minimum atomic E-state index is -0.927. The average Bonchev–Trinajstić information content (AvgIpc) is 3.21. The van der Waals surface area contributed by atoms with Crippen LogP contribution < -0.4 is 0 Å². The Labute approximate surface area is 156 Å². The first-order valence-corrected chi connectivity index (χ1v) is 8.69. The number of nitrogens with zero attached hydrogens (tertiary/aromatic N) is 3. The molecule has 2 aromatic rings. The molecule has 26 heavy (non-hydrogen) atoms. The quantitative estimate of drug-likeness (QED) is 0.834. The number of halogens is 1. The third kappa shape index (κ3) is 3.59. The molecule has 0 bridgehead atoms. The van der Waals surface area contributed by atoms with E-state index in [1.165, 1.54) is 0 Å². The van der Waals surface area contributed by atoms with E-state index in [0.29, 0.717) is 17.4 Å². The number of imidazole rings is 1. The Hall–Kier alpha value is -2.38. The SMILES string of the molecule is CN(Cc1ncc[nH]1)C(=O)[C@H]1C[C@@H](C(=O)O)N(C)[C@H]1c1cccc(Cl)c1. The summed E-state index contributed by atoms with van der Waals surface area (Å²) in [5.41, 5.74) is 0.841. The number of nitrogens with one attached hydrogen (secondary N) is 1. The minimum Gasteiger partial charge on any atom is -0.480 e. The summed E-state index contributed by atoms with van der Waals surface area (Å²) in [4.78, 5) is 35.2. The van der Waals surface area contributed by atoms with Crippen LogP contribution in [0.2, 0.25) is 5.02 Å². The fraction of sp³-hybridized carbons (Fsp3) is 0.389. The predicted molar refractivity (Wildman–Crippen MR) is 96.5 cm³/mol. The standard InChI is InChI=1S/C18H21ClN4O3/c1-22(10-15-20-6-7-21-15)17(24)13-9-14(18(25)26)23(2)16(13)11-4-3-5-12(19)8-11/h3-8,13-14,16H,9-10H2,1-2H3,(H,20,21)(H,25,26)/t13-,14-,16-/m0/s1. The summed E-state index contributed by atoms with van der Waals surface area (Å²) in [6.07, 6.45) is 3.59. The van der Waals surface area contributed by atoms with Crippen molar-refractivity contribution in [2.45, 2.75) is 25.0 Å². The van der Waals surface area contributed by atoms with Crippen molar-refractivity contribution in [2.75, 3.05) is 14.1 Å². The molecule has 1 saturated heterocycles. The van der Waals surface area contributed by atoms with Crippen LogP contribution in [0, 0.1) is 5.92 Å². The molecule has 0 aliphatic carbocycles. The first kappa shape index (κ1) is 18.4. The van der Waals surface area contributed by atoms with Crippen LogP contribution in [0.25, 0.3) is 0 Å². The van der Waals surface area contributed by atoms with E-state index in [1.807, 2.05) is 12.1 Å². The van der Waals surface area contributed by atoms with Crippen LogP contribution in [0.1, 0.15) is 23.9 Å². The molecule has 0 saturated carbocycles. The number of aromatic amines is 1. The summed E-state index contributed by atoms with van der Waals surface area (Å²) in [6, 6.07) is 6.18. The molecular formula is C18H21ClN4O3. The number of benzene rings is 1. The Morgan fingerprint density at radius 1 is 1.46 bits per heavy atom. The minimum absolute atomic E-state index is 0.109. The number of hydrogen-bond donors (Lipinski definition) is 2. The van der Waals surface area contributed by atoms with E-state index in [1.54, 1.807) is 48.4 Å². The van der Waals surface area contributed by atoms with Gasteiger partial charge in [0, 0.05) is 30.5 Å². The van der Waals surface area contributed by atoms with Gasteiger partial charge in [-0.1, -0.05) is 23.7 Å². The van der Waals surface area contributed by atoms with Crippen molar-refractivity contribution < 1.29 is 14.7 Å². The van der Waals surface area contributed by atoms with Gasteiger partial charge in [-0.3, -0.25) is 14.5 Å². The lowest BCUT2D eigenvalue weighted by atomic mass is 9.92. The van der Waals surface area contributed by atoms with Crippen molar-refractivity contribution in [2.24, 2.45) is 5.92 Å². The molecule has 2 N–H and O–H groups in total. The molecule has 2 heterocycles. The summed E-state index contributed by atoms with van der Waals surface area (Å²) in [5, 5.41) is 10.1. The molecule has 1 aromatic heterocycles. The molecule has 1 aliphatic heterocycles. The number of carboxylic acid groups (broad SMARTS) is 1. The zero-order chi connectivity index (χ0) is 18.8. The summed E-state index contributed by atoms with van der Waals surface area (Å²) in [6.45, 7) is 0.339. The molecular weight excluding hydrogens is 356 g/mol. The highest BCUT2D eigenvalue weighted by atomic mass is 35.5. The van der Waals surface area contributed by atoms with E-state index in [2.05, 4.69) is 9.97 Å². The predicted octanol–water partition coefficient (Wildman–Crippen LogP) is 2.17. The van der Waals surface area contributed by atoms with Crippen LogP contribution in [-0.4, -0.2) is 56.9 Å². The molecule has 1 aliphatic rings. The number of rotatable bonds is 5. The maximum absolute atomic E-state index is 13.1. The zero-order valence-corrected chi connectivity index (χ0v) is 15.3. The summed E-state index contributed by atoms with van der Waals surface area (Å²) >= 11 is 6.11. The van der Waals surface area contributed by atoms with E-state index < -0.39 is 17.9 Å². The van der Waals surface area contributed by atoms with Crippen molar-refractivity contribution in [3.63, 3.8) is 0 Å². The lowest BCUT2D eigenvalue weighted by molar-refractivity contribution is -0.142. The third-order valence-electron chi connectivity index (χ3n) is 4.90. The Balaban J connectivity index is 1.88. The van der Waals surface area contributed by atoms with Crippen LogP contribution >= 0.6 is 11.6 Å². The van der Waals surface area contributed by atoms with E-state index in [-0.39, 0.29) is 18.4 Å². The molecule has 3 rings (SSSR count). The van der Waals surface area contributed by atoms with Crippen LogP contribution in [0.4, 0.5) is 0 Å². The van der Waals surface area contributed by atoms with E-state index in [9.17, 15) is 14.7 Å². The molecule has 0 spiro atoms. The number of amides is 1. The van der Waals surface area contributed by atoms with Gasteiger partial charge in [0.25, 0.3) is 0 Å². The number of carboxylic acids is 1. The Morgan fingerprint density at radius 2 is 2.23 bits per heavy atom. The number of carbonyl (C=O) groups is 2. The molecule has 8 heteroatoms. The number of H-pyrrole nitrogens is 1. The molecule has 1 amide bonds. The van der Waals surface area contributed by atoms with Gasteiger partial charge in [0.2, 0.25) is 5.91 Å². The fourth-order valence-electron chi connectivity index (χ4n) is 3.65. The van der Waals surface area contributed by atoms with Gasteiger partial charge >= 0.3 is 5.97 Å². The molecule has 0 radical (unpaired) electrons. The second-order valence-electron chi connectivity index (χ2n) is 6.59. The van der Waals surface area contributed by atoms with Crippen LogP contribution in [-0.2, 0) is 16.1 Å². The lowest BCUT2D eigenvalue weighted by Crippen LogP contribution is -2.36. The Morgan fingerprint density at radius 3 is 2.85 bits per heavy atom. The van der Waals surface area contributed by atoms with Gasteiger partial charge in [-0.2, -0.15) is 0 Å². The van der Waals surface area contributed by atoms with Gasteiger partial charge in [-0.25, -0.2) is 4.98 Å². The molecule has 138 valence electrons. The monoisotopic (exact) mass is 376 g/mol. The number of carbonyl (C=O) groups excluding carboxylic acids is 1. The molecule has 3 atom stereocenters. The second-order valence-corrected chi connectivity index (χ2v) is 7.03. The van der Waals surface area contributed by atoms with Crippen LogP contribution in [0.3, 0.4) is 0 Å². The van der Waals surface area contributed by atoms with Gasteiger partial charge in [-0.15, -0.1) is 0 Å². The number of likely N-dealkylation sites (tertiary alicyclic amines) is 1. The highest BCUT2D eigenvalue weighted by molar-refractivity contribution is 6.30. The first-order chi connectivity index (χ1) is 12.4. The van der Waals surface area contributed by atoms with E-state index in [0.717, 1.165) is 5.56 Å². The van der Waals surface area contributed by atoms with E-state index in [4.69, 9.17) is 11.6 Å². The number of aliphatic carboxylic acids is 1. The number of aromatic nitrogens is 2. The summed E-state index contributed by atoms with van der Waals surface area (Å²) < 4.78 is 0. The normalized spacial score (nSPS) is 23.1. The largest absolute Gasteiger partial charge is 0.480 e. The fourth-order valence-corrected chi connectivity index (χ4v) is 3.85. The smallest absolute Gasteiger partial charge is 0.320 e. The highest BCUT2D eigenvalue weighted by Gasteiger charge is 2.47.